The molecule has 2 fully saturated rings. The Morgan fingerprint density at radius 1 is 1.03 bits per heavy atom. The maximum atomic E-state index is 5.56. The van der Waals surface area contributed by atoms with Crippen molar-refractivity contribution >= 4 is 18.3 Å². The van der Waals surface area contributed by atoms with Crippen LogP contribution in [0.5, 0.6) is 0 Å². The molecule has 0 aromatic heterocycles. The molecule has 29 heavy (non-hydrogen) atoms. The Labute approximate surface area is 178 Å². The summed E-state index contributed by atoms with van der Waals surface area (Å²) in [6.45, 7) is 6.54. The third-order valence-corrected chi connectivity index (χ3v) is 8.53. The second kappa shape index (κ2) is 17.7. The van der Waals surface area contributed by atoms with Crippen molar-refractivity contribution in [1.82, 2.24) is 5.32 Å². The van der Waals surface area contributed by atoms with Gasteiger partial charge >= 0.3 is 18.3 Å². The molecule has 0 bridgehead atoms. The first-order chi connectivity index (χ1) is 13.9. The number of hydrogen-bond donors (Lipinski definition) is 2. The van der Waals surface area contributed by atoms with Gasteiger partial charge < -0.3 is 47.1 Å². The first kappa shape index (κ1) is 29.0. The van der Waals surface area contributed by atoms with Gasteiger partial charge in [-0.25, -0.2) is 0 Å². The van der Waals surface area contributed by atoms with Gasteiger partial charge in [0.2, 0.25) is 0 Å². The number of rotatable bonds is 13. The lowest BCUT2D eigenvalue weighted by molar-refractivity contribution is 0.100. The van der Waals surface area contributed by atoms with Crippen LogP contribution in [0.4, 0.5) is 0 Å². The molecule has 0 aromatic rings. The molecule has 0 aromatic carbocycles. The lowest BCUT2D eigenvalue weighted by Gasteiger charge is -2.30. The van der Waals surface area contributed by atoms with Crippen LogP contribution in [0.15, 0.2) is 0 Å². The summed E-state index contributed by atoms with van der Waals surface area (Å²) in [5, 5.41) is 3.16. The maximum absolute atomic E-state index is 5.56. The Bertz CT molecular complexity index is 352. The van der Waals surface area contributed by atoms with E-state index in [1.165, 1.54) is 0 Å². The Hall–Kier alpha value is 0.0338. The monoisotopic (exact) mass is 458 g/mol. The predicted octanol–water partition coefficient (Wildman–Crippen LogP) is -0.134. The van der Waals surface area contributed by atoms with Crippen LogP contribution in [0, 0.1) is 5.92 Å². The molecule has 2 unspecified atom stereocenters. The van der Waals surface area contributed by atoms with Gasteiger partial charge in [0, 0.05) is 74.4 Å². The summed E-state index contributed by atoms with van der Waals surface area (Å²) >= 11 is 0. The third-order valence-electron chi connectivity index (χ3n) is 4.54. The zero-order valence-corrected chi connectivity index (χ0v) is 21.3. The van der Waals surface area contributed by atoms with E-state index < -0.39 is 18.3 Å². The maximum Gasteiger partial charge on any atom is 0.500 e. The van der Waals surface area contributed by atoms with Crippen LogP contribution in [0.2, 0.25) is 6.04 Å². The highest BCUT2D eigenvalue weighted by Gasteiger charge is 2.36. The van der Waals surface area contributed by atoms with Crippen LogP contribution in [0.25, 0.3) is 0 Å². The summed E-state index contributed by atoms with van der Waals surface area (Å²) in [7, 11) is 5.53. The van der Waals surface area contributed by atoms with E-state index in [-0.39, 0.29) is 0 Å². The minimum absolute atomic E-state index is 0.333. The van der Waals surface area contributed by atoms with Crippen molar-refractivity contribution in [3.63, 3.8) is 0 Å². The van der Waals surface area contributed by atoms with E-state index in [2.05, 4.69) is 12.2 Å². The van der Waals surface area contributed by atoms with Crippen molar-refractivity contribution < 1.29 is 36.0 Å². The molecule has 2 saturated heterocycles. The van der Waals surface area contributed by atoms with Crippen molar-refractivity contribution in [1.29, 1.82) is 0 Å². The Kier molecular flexibility index (Phi) is 17.7. The molecule has 3 N–H and O–H groups in total. The van der Waals surface area contributed by atoms with E-state index in [4.69, 9.17) is 41.8 Å². The summed E-state index contributed by atoms with van der Waals surface area (Å²) < 4.78 is 40.5. The van der Waals surface area contributed by atoms with E-state index in [9.17, 15) is 0 Å². The van der Waals surface area contributed by atoms with Crippen LogP contribution in [-0.4, -0.2) is 106 Å². The average Bonchev–Trinajstić information content (AvgIpc) is 3.50. The van der Waals surface area contributed by atoms with Gasteiger partial charge in [0.15, 0.2) is 0 Å². The summed E-state index contributed by atoms with van der Waals surface area (Å²) in [6.07, 6.45) is 1.22. The lowest BCUT2D eigenvalue weighted by atomic mass is 9.96. The first-order valence-electron chi connectivity index (χ1n) is 9.81. The number of nitrogens with two attached hydrogens (primary N) is 1. The molecule has 2 aliphatic heterocycles. The van der Waals surface area contributed by atoms with E-state index in [0.29, 0.717) is 25.4 Å². The highest BCUT2D eigenvalue weighted by Crippen LogP contribution is 2.15. The normalized spacial score (nSPS) is 19.6. The molecule has 0 saturated carbocycles. The summed E-state index contributed by atoms with van der Waals surface area (Å²) in [6, 6.07) is 1.17. The van der Waals surface area contributed by atoms with Crippen LogP contribution in [0.1, 0.15) is 13.3 Å². The fourth-order valence-corrected chi connectivity index (χ4v) is 4.56. The van der Waals surface area contributed by atoms with Crippen molar-refractivity contribution in [3.05, 3.63) is 0 Å². The van der Waals surface area contributed by atoms with Gasteiger partial charge in [-0.1, -0.05) is 0 Å². The minimum atomic E-state index is -2.39. The molecule has 0 spiro atoms. The van der Waals surface area contributed by atoms with Crippen molar-refractivity contribution in [2.75, 3.05) is 75.6 Å². The average molecular weight is 459 g/mol. The lowest BCUT2D eigenvalue weighted by Crippen LogP contribution is -2.50. The molecule has 2 aliphatic rings. The number of hydrogen-bond acceptors (Lipinski definition) is 10. The van der Waals surface area contributed by atoms with Crippen molar-refractivity contribution in [2.45, 2.75) is 31.5 Å². The van der Waals surface area contributed by atoms with Crippen molar-refractivity contribution in [3.8, 4) is 0 Å². The molecule has 0 aliphatic carbocycles. The number of epoxide rings is 1. The fourth-order valence-electron chi connectivity index (χ4n) is 2.30. The molecular weight excluding hydrogens is 416 g/mol. The van der Waals surface area contributed by atoms with E-state index >= 15 is 0 Å². The molecule has 0 radical (unpaired) electrons. The zero-order chi connectivity index (χ0) is 22.1. The molecule has 2 atom stereocenters. The Morgan fingerprint density at radius 3 is 1.79 bits per heavy atom. The molecular formula is C17H42N2O8Si2. The first-order valence-corrected chi connectivity index (χ1v) is 13.2. The standard InChI is InChI=1S/C9H20O5Si.C5H12N2.C3H10O3Si/c1-10-15(11-2,12-3)6-4-5-13-7-9-8-14-9;1-4(6)5-2-7-3-5;1-4-7(5-2)6-3/h9H,4-8H2,1-3H3;4-5,7H,2-3,6H2,1H3;7H,1-3H3. The topological polar surface area (TPSA) is 115 Å². The van der Waals surface area contributed by atoms with Crippen molar-refractivity contribution in [2.24, 2.45) is 11.7 Å². The zero-order valence-electron chi connectivity index (χ0n) is 19.1. The SMILES string of the molecule is CC(N)C1CNC1.CO[SiH](OC)OC.CO[Si](CCCOCC1CO1)(OC)OC. The Morgan fingerprint density at radius 2 is 1.55 bits per heavy atom. The molecule has 2 heterocycles. The van der Waals surface area contributed by atoms with Crippen LogP contribution in [0.3, 0.4) is 0 Å². The van der Waals surface area contributed by atoms with Gasteiger partial charge in [0.1, 0.15) is 6.10 Å². The summed E-state index contributed by atoms with van der Waals surface area (Å²) in [4.78, 5) is 0. The molecule has 2 rings (SSSR count). The largest absolute Gasteiger partial charge is 0.500 e. The molecule has 12 heteroatoms. The minimum Gasteiger partial charge on any atom is -0.379 e. The van der Waals surface area contributed by atoms with E-state index in [1.807, 2.05) is 0 Å². The van der Waals surface area contributed by atoms with Gasteiger partial charge in [-0.3, -0.25) is 0 Å². The van der Waals surface area contributed by atoms with E-state index in [1.54, 1.807) is 42.7 Å². The predicted molar refractivity (Wildman–Crippen MR) is 115 cm³/mol. The highest BCUT2D eigenvalue weighted by atomic mass is 28.4. The van der Waals surface area contributed by atoms with Gasteiger partial charge in [0.25, 0.3) is 0 Å². The highest BCUT2D eigenvalue weighted by molar-refractivity contribution is 6.60. The summed E-state index contributed by atoms with van der Waals surface area (Å²) in [5.74, 6) is 0.750. The molecule has 176 valence electrons. The van der Waals surface area contributed by atoms with Gasteiger partial charge in [-0.2, -0.15) is 0 Å². The molecule has 0 amide bonds. The van der Waals surface area contributed by atoms with Gasteiger partial charge in [-0.05, 0) is 19.3 Å². The third kappa shape index (κ3) is 13.9. The fraction of sp³-hybridized carbons (Fsp3) is 1.00. The van der Waals surface area contributed by atoms with Gasteiger partial charge in [-0.15, -0.1) is 0 Å². The number of ether oxygens (including phenoxy) is 2. The van der Waals surface area contributed by atoms with Gasteiger partial charge in [0.05, 0.1) is 13.2 Å². The quantitative estimate of drug-likeness (QED) is 0.220. The second-order valence-corrected chi connectivity index (χ2v) is 11.8. The Balaban J connectivity index is 0.000000465. The van der Waals surface area contributed by atoms with Crippen LogP contribution >= 0.6 is 0 Å². The summed E-state index contributed by atoms with van der Waals surface area (Å²) in [5.41, 5.74) is 5.56. The van der Waals surface area contributed by atoms with E-state index in [0.717, 1.165) is 38.1 Å². The molecule has 10 nitrogen and oxygen atoms in total. The van der Waals surface area contributed by atoms with Crippen LogP contribution in [-0.2, 0) is 36.0 Å². The van der Waals surface area contributed by atoms with Crippen LogP contribution < -0.4 is 11.1 Å². The second-order valence-electron chi connectivity index (χ2n) is 6.70. The smallest absolute Gasteiger partial charge is 0.379 e. The number of nitrogens with one attached hydrogen (secondary N) is 1.